The summed E-state index contributed by atoms with van der Waals surface area (Å²) in [5.41, 5.74) is 2.48. The molecule has 0 spiro atoms. The number of aryl methyl sites for hydroxylation is 1. The van der Waals surface area contributed by atoms with Gasteiger partial charge in [-0.15, -0.1) is 0 Å². The van der Waals surface area contributed by atoms with Crippen molar-refractivity contribution in [3.8, 4) is 0 Å². The third kappa shape index (κ3) is 2.08. The number of carbonyl (C=O) groups excluding carboxylic acids is 1. The first kappa shape index (κ1) is 15.4. The largest absolute Gasteiger partial charge is 0.456 e. The fraction of sp³-hybridized carbons (Fsp3) is 0.278. The zero-order valence-electron chi connectivity index (χ0n) is 14.1. The number of fused-ring (bicyclic) bond motifs is 1. The van der Waals surface area contributed by atoms with Crippen molar-refractivity contribution in [3.63, 3.8) is 0 Å². The molecule has 7 heteroatoms. The molecular weight excluding hydrogens is 322 g/mol. The van der Waals surface area contributed by atoms with Crippen LogP contribution in [0.4, 0.5) is 5.82 Å². The minimum atomic E-state index is -0.563. The quantitative estimate of drug-likeness (QED) is 0.776. The van der Waals surface area contributed by atoms with Gasteiger partial charge in [-0.1, -0.05) is 29.8 Å². The number of esters is 1. The van der Waals surface area contributed by atoms with Crippen LogP contribution in [-0.4, -0.2) is 21.7 Å². The average Bonchev–Trinajstić information content (AvgIpc) is 2.98. The molecule has 0 saturated heterocycles. The van der Waals surface area contributed by atoms with Gasteiger partial charge in [-0.25, -0.2) is 9.59 Å². The molecular formula is C18H17N3O4. The van der Waals surface area contributed by atoms with Crippen molar-refractivity contribution >= 4 is 11.8 Å². The van der Waals surface area contributed by atoms with Crippen LogP contribution in [0.1, 0.15) is 22.6 Å². The Balaban J connectivity index is 2.08. The van der Waals surface area contributed by atoms with E-state index in [9.17, 15) is 14.4 Å². The van der Waals surface area contributed by atoms with Gasteiger partial charge in [0, 0.05) is 14.1 Å². The number of nitrogens with one attached hydrogen (secondary N) is 1. The number of anilines is 1. The Hall–Kier alpha value is -3.09. The summed E-state index contributed by atoms with van der Waals surface area (Å²) in [7, 11) is 3.04. The Kier molecular flexibility index (Phi) is 3.21. The molecule has 0 bridgehead atoms. The summed E-state index contributed by atoms with van der Waals surface area (Å²) in [5, 5.41) is 3.06. The maximum atomic E-state index is 12.9. The summed E-state index contributed by atoms with van der Waals surface area (Å²) in [5.74, 6) is -0.585. The summed E-state index contributed by atoms with van der Waals surface area (Å²) in [6.07, 6.45) is 0. The van der Waals surface area contributed by atoms with Gasteiger partial charge in [0.2, 0.25) is 0 Å². The minimum Gasteiger partial charge on any atom is -0.456 e. The predicted octanol–water partition coefficient (Wildman–Crippen LogP) is 0.761. The molecule has 1 aromatic heterocycles. The van der Waals surface area contributed by atoms with Crippen molar-refractivity contribution in [2.45, 2.75) is 12.8 Å². The fourth-order valence-electron chi connectivity index (χ4n) is 3.47. The van der Waals surface area contributed by atoms with E-state index < -0.39 is 23.1 Å². The second-order valence-electron chi connectivity index (χ2n) is 6.41. The summed E-state index contributed by atoms with van der Waals surface area (Å²) in [6, 6.07) is 7.67. The first-order valence-electron chi connectivity index (χ1n) is 7.93. The van der Waals surface area contributed by atoms with Gasteiger partial charge in [0.05, 0.1) is 22.8 Å². The van der Waals surface area contributed by atoms with E-state index in [2.05, 4.69) is 5.32 Å². The highest BCUT2D eigenvalue weighted by Crippen LogP contribution is 2.42. The first-order valence-corrected chi connectivity index (χ1v) is 7.93. The molecule has 1 atom stereocenters. The molecule has 2 aliphatic heterocycles. The summed E-state index contributed by atoms with van der Waals surface area (Å²) < 4.78 is 7.63. The van der Waals surface area contributed by atoms with Crippen LogP contribution in [0.5, 0.6) is 0 Å². The van der Waals surface area contributed by atoms with Crippen LogP contribution in [0.2, 0.25) is 0 Å². The van der Waals surface area contributed by atoms with Gasteiger partial charge in [0.1, 0.15) is 12.4 Å². The van der Waals surface area contributed by atoms with Gasteiger partial charge in [-0.05, 0) is 12.5 Å². The van der Waals surface area contributed by atoms with Crippen LogP contribution in [0, 0.1) is 6.92 Å². The number of rotatable bonds is 1. The highest BCUT2D eigenvalue weighted by atomic mass is 16.5. The standard InChI is InChI=1S/C18H17N3O4/c1-9-4-6-10(7-5-9)12-13-11(8-25-17(13)23)19-15-14(12)16(22)21(3)18(24)20(15)2/h4-7,12,19H,8H2,1-3H3. The highest BCUT2D eigenvalue weighted by Gasteiger charge is 2.41. The molecule has 1 N–H and O–H groups in total. The van der Waals surface area contributed by atoms with Crippen LogP contribution >= 0.6 is 0 Å². The molecule has 0 saturated carbocycles. The smallest absolute Gasteiger partial charge is 0.337 e. The number of hydrogen-bond donors (Lipinski definition) is 1. The first-order chi connectivity index (χ1) is 11.9. The van der Waals surface area contributed by atoms with E-state index >= 15 is 0 Å². The molecule has 1 unspecified atom stereocenters. The lowest BCUT2D eigenvalue weighted by molar-refractivity contribution is -0.136. The van der Waals surface area contributed by atoms with Gasteiger partial charge < -0.3 is 10.1 Å². The Morgan fingerprint density at radius 3 is 2.44 bits per heavy atom. The number of benzene rings is 1. The topological polar surface area (TPSA) is 82.3 Å². The van der Waals surface area contributed by atoms with Crippen molar-refractivity contribution in [2.24, 2.45) is 14.1 Å². The Labute approximate surface area is 143 Å². The van der Waals surface area contributed by atoms with Crippen LogP contribution < -0.4 is 16.6 Å². The molecule has 0 radical (unpaired) electrons. The molecule has 4 rings (SSSR count). The van der Waals surface area contributed by atoms with Gasteiger partial charge in [-0.3, -0.25) is 13.9 Å². The molecule has 3 heterocycles. The number of carbonyl (C=O) groups is 1. The lowest BCUT2D eigenvalue weighted by Crippen LogP contribution is -2.43. The van der Waals surface area contributed by atoms with E-state index in [-0.39, 0.29) is 6.61 Å². The third-order valence-electron chi connectivity index (χ3n) is 4.85. The Morgan fingerprint density at radius 1 is 1.08 bits per heavy atom. The van der Waals surface area contributed by atoms with Crippen LogP contribution in [0.3, 0.4) is 0 Å². The normalized spacial score (nSPS) is 18.5. The van der Waals surface area contributed by atoms with E-state index in [1.807, 2.05) is 31.2 Å². The van der Waals surface area contributed by atoms with E-state index in [1.54, 1.807) is 7.05 Å². The van der Waals surface area contributed by atoms with E-state index in [1.165, 1.54) is 11.6 Å². The lowest BCUT2D eigenvalue weighted by atomic mass is 9.82. The van der Waals surface area contributed by atoms with Gasteiger partial charge in [0.15, 0.2) is 0 Å². The summed E-state index contributed by atoms with van der Waals surface area (Å²) in [6.45, 7) is 2.08. The number of aromatic nitrogens is 2. The molecule has 0 aliphatic carbocycles. The monoisotopic (exact) mass is 339 g/mol. The maximum Gasteiger partial charge on any atom is 0.337 e. The maximum absolute atomic E-state index is 12.9. The second kappa shape index (κ2) is 5.20. The van der Waals surface area contributed by atoms with Crippen molar-refractivity contribution in [1.82, 2.24) is 9.13 Å². The van der Waals surface area contributed by atoms with E-state index in [4.69, 9.17) is 4.74 Å². The molecule has 1 aromatic carbocycles. The number of nitrogens with zero attached hydrogens (tertiary/aromatic N) is 2. The third-order valence-corrected chi connectivity index (χ3v) is 4.85. The van der Waals surface area contributed by atoms with Crippen LogP contribution in [-0.2, 0) is 23.6 Å². The SMILES string of the molecule is Cc1ccc(C2C3=C(COC3=O)Nc3c2c(=O)n(C)c(=O)n3C)cc1. The zero-order chi connectivity index (χ0) is 17.9. The number of ether oxygens (including phenoxy) is 1. The Bertz CT molecular complexity index is 1060. The fourth-order valence-corrected chi connectivity index (χ4v) is 3.47. The average molecular weight is 339 g/mol. The molecule has 0 fully saturated rings. The molecule has 25 heavy (non-hydrogen) atoms. The molecule has 0 amide bonds. The minimum absolute atomic E-state index is 0.110. The van der Waals surface area contributed by atoms with Crippen molar-refractivity contribution in [2.75, 3.05) is 11.9 Å². The second-order valence-corrected chi connectivity index (χ2v) is 6.41. The van der Waals surface area contributed by atoms with Gasteiger partial charge >= 0.3 is 11.7 Å². The summed E-state index contributed by atoms with van der Waals surface area (Å²) in [4.78, 5) is 37.5. The van der Waals surface area contributed by atoms with E-state index in [0.29, 0.717) is 22.7 Å². The highest BCUT2D eigenvalue weighted by molar-refractivity contribution is 5.96. The van der Waals surface area contributed by atoms with Crippen molar-refractivity contribution in [1.29, 1.82) is 0 Å². The van der Waals surface area contributed by atoms with Crippen molar-refractivity contribution in [3.05, 3.63) is 73.1 Å². The number of cyclic esters (lactones) is 1. The molecule has 2 aliphatic rings. The van der Waals surface area contributed by atoms with Crippen LogP contribution in [0.15, 0.2) is 45.1 Å². The van der Waals surface area contributed by atoms with Crippen LogP contribution in [0.25, 0.3) is 0 Å². The van der Waals surface area contributed by atoms with Gasteiger partial charge in [0.25, 0.3) is 5.56 Å². The lowest BCUT2D eigenvalue weighted by Gasteiger charge is -2.28. The summed E-state index contributed by atoms with van der Waals surface area (Å²) >= 11 is 0. The predicted molar refractivity (Wildman–Crippen MR) is 91.6 cm³/mol. The van der Waals surface area contributed by atoms with E-state index in [0.717, 1.165) is 15.7 Å². The number of hydrogen-bond acceptors (Lipinski definition) is 5. The van der Waals surface area contributed by atoms with Gasteiger partial charge in [-0.2, -0.15) is 0 Å². The molecule has 128 valence electrons. The zero-order valence-corrected chi connectivity index (χ0v) is 14.1. The molecule has 7 nitrogen and oxygen atoms in total. The van der Waals surface area contributed by atoms with Crippen molar-refractivity contribution < 1.29 is 9.53 Å². The Morgan fingerprint density at radius 2 is 1.76 bits per heavy atom. The molecule has 2 aromatic rings.